The molecule has 0 spiro atoms. The highest BCUT2D eigenvalue weighted by Gasteiger charge is 2.44. The van der Waals surface area contributed by atoms with Crippen molar-refractivity contribution in [1.29, 1.82) is 0 Å². The molecule has 4 N–H and O–H groups in total. The molecule has 0 aromatic carbocycles. The van der Waals surface area contributed by atoms with E-state index in [1.54, 1.807) is 19.1 Å². The van der Waals surface area contributed by atoms with Crippen LogP contribution in [0.5, 0.6) is 0 Å². The number of ether oxygens (including phenoxy) is 2. The van der Waals surface area contributed by atoms with Crippen molar-refractivity contribution < 1.29 is 29.9 Å². The summed E-state index contributed by atoms with van der Waals surface area (Å²) in [5.74, 6) is 0. The van der Waals surface area contributed by atoms with Gasteiger partial charge in [-0.25, -0.2) is 0 Å². The first kappa shape index (κ1) is 14.6. The normalized spacial score (nSPS) is 40.7. The fourth-order valence-corrected chi connectivity index (χ4v) is 1.71. The lowest BCUT2D eigenvalue weighted by molar-refractivity contribution is -0.306. The van der Waals surface area contributed by atoms with Gasteiger partial charge in [-0.1, -0.05) is 12.2 Å². The highest BCUT2D eigenvalue weighted by atomic mass is 16.7. The molecule has 0 amide bonds. The summed E-state index contributed by atoms with van der Waals surface area (Å²) in [6.07, 6.45) is -2.87. The average Bonchev–Trinajstić information content (AvgIpc) is 2.30. The van der Waals surface area contributed by atoms with Crippen LogP contribution in [0.2, 0.25) is 0 Å². The molecule has 0 radical (unpaired) electrons. The van der Waals surface area contributed by atoms with E-state index in [1.165, 1.54) is 0 Å². The van der Waals surface area contributed by atoms with Crippen molar-refractivity contribution in [1.82, 2.24) is 0 Å². The second-order valence-electron chi connectivity index (χ2n) is 4.06. The van der Waals surface area contributed by atoms with E-state index < -0.39 is 37.3 Å². The summed E-state index contributed by atoms with van der Waals surface area (Å²) < 4.78 is 10.5. The van der Waals surface area contributed by atoms with Crippen molar-refractivity contribution in [3.8, 4) is 0 Å². The highest BCUT2D eigenvalue weighted by Crippen LogP contribution is 2.22. The average molecular weight is 248 g/mol. The molecule has 1 saturated heterocycles. The van der Waals surface area contributed by atoms with Crippen LogP contribution in [-0.2, 0) is 9.47 Å². The van der Waals surface area contributed by atoms with Gasteiger partial charge in [0.1, 0.15) is 24.4 Å². The maximum absolute atomic E-state index is 9.67. The zero-order valence-electron chi connectivity index (χ0n) is 9.93. The number of aliphatic hydroxyl groups is 4. The van der Waals surface area contributed by atoms with Crippen molar-refractivity contribution in [2.45, 2.75) is 50.7 Å². The summed E-state index contributed by atoms with van der Waals surface area (Å²) in [5, 5.41) is 37.7. The molecule has 1 rings (SSSR count). The van der Waals surface area contributed by atoms with Crippen molar-refractivity contribution >= 4 is 0 Å². The first-order chi connectivity index (χ1) is 8.01. The lowest BCUT2D eigenvalue weighted by atomic mass is 9.99. The van der Waals surface area contributed by atoms with Gasteiger partial charge >= 0.3 is 0 Å². The first-order valence-electron chi connectivity index (χ1n) is 5.60. The van der Waals surface area contributed by atoms with Crippen LogP contribution in [0.1, 0.15) is 13.8 Å². The van der Waals surface area contributed by atoms with Crippen molar-refractivity contribution in [3.05, 3.63) is 12.2 Å². The Morgan fingerprint density at radius 1 is 1.24 bits per heavy atom. The Hall–Kier alpha value is -0.500. The van der Waals surface area contributed by atoms with E-state index in [4.69, 9.17) is 14.6 Å². The Balaban J connectivity index is 2.65. The van der Waals surface area contributed by atoms with Crippen LogP contribution in [-0.4, -0.2) is 63.8 Å². The smallest absolute Gasteiger partial charge is 0.187 e. The van der Waals surface area contributed by atoms with E-state index in [-0.39, 0.29) is 6.10 Å². The van der Waals surface area contributed by atoms with Gasteiger partial charge in [0.25, 0.3) is 0 Å². The molecule has 1 aliphatic rings. The predicted octanol–water partition coefficient (Wildman–Crippen LogP) is -1.23. The molecular weight excluding hydrogens is 228 g/mol. The first-order valence-corrected chi connectivity index (χ1v) is 5.60. The molecule has 17 heavy (non-hydrogen) atoms. The van der Waals surface area contributed by atoms with E-state index in [0.29, 0.717) is 0 Å². The maximum Gasteiger partial charge on any atom is 0.187 e. The van der Waals surface area contributed by atoms with Crippen LogP contribution >= 0.6 is 0 Å². The Labute approximate surface area is 100 Å². The van der Waals surface area contributed by atoms with Crippen LogP contribution in [0, 0.1) is 0 Å². The van der Waals surface area contributed by atoms with Crippen molar-refractivity contribution in [2.24, 2.45) is 0 Å². The van der Waals surface area contributed by atoms with E-state index in [2.05, 4.69) is 0 Å². The molecule has 1 heterocycles. The van der Waals surface area contributed by atoms with Gasteiger partial charge < -0.3 is 29.9 Å². The van der Waals surface area contributed by atoms with Crippen LogP contribution < -0.4 is 0 Å². The van der Waals surface area contributed by atoms with Gasteiger partial charge in [-0.3, -0.25) is 0 Å². The number of aliphatic hydroxyl groups excluding tert-OH is 4. The molecule has 1 aliphatic heterocycles. The van der Waals surface area contributed by atoms with Crippen LogP contribution in [0.3, 0.4) is 0 Å². The molecule has 6 nitrogen and oxygen atoms in total. The minimum atomic E-state index is -1.40. The molecule has 0 aromatic rings. The van der Waals surface area contributed by atoms with Gasteiger partial charge in [0.05, 0.1) is 12.7 Å². The topological polar surface area (TPSA) is 99.4 Å². The Morgan fingerprint density at radius 2 is 1.88 bits per heavy atom. The summed E-state index contributed by atoms with van der Waals surface area (Å²) >= 11 is 0. The summed E-state index contributed by atoms with van der Waals surface area (Å²) in [6.45, 7) is 3.12. The third-order valence-electron chi connectivity index (χ3n) is 2.66. The fraction of sp³-hybridized carbons (Fsp3) is 0.818. The molecular formula is C11H20O6. The van der Waals surface area contributed by atoms with Crippen molar-refractivity contribution in [2.75, 3.05) is 6.61 Å². The maximum atomic E-state index is 9.67. The third-order valence-corrected chi connectivity index (χ3v) is 2.66. The zero-order chi connectivity index (χ0) is 13.0. The van der Waals surface area contributed by atoms with E-state index >= 15 is 0 Å². The van der Waals surface area contributed by atoms with Gasteiger partial charge in [-0.15, -0.1) is 0 Å². The molecule has 1 fully saturated rings. The highest BCUT2D eigenvalue weighted by molar-refractivity contribution is 4.91. The molecule has 0 saturated carbocycles. The Morgan fingerprint density at radius 3 is 2.41 bits per heavy atom. The quantitative estimate of drug-likeness (QED) is 0.465. The van der Waals surface area contributed by atoms with Crippen LogP contribution in [0.4, 0.5) is 0 Å². The minimum absolute atomic E-state index is 0.304. The molecule has 6 heteroatoms. The largest absolute Gasteiger partial charge is 0.394 e. The third kappa shape index (κ3) is 3.48. The van der Waals surface area contributed by atoms with E-state index in [9.17, 15) is 15.3 Å². The van der Waals surface area contributed by atoms with Crippen LogP contribution in [0.25, 0.3) is 0 Å². The van der Waals surface area contributed by atoms with Crippen molar-refractivity contribution in [3.63, 3.8) is 0 Å². The molecule has 6 atom stereocenters. The summed E-state index contributed by atoms with van der Waals surface area (Å²) in [5.41, 5.74) is 0. The second-order valence-corrected chi connectivity index (χ2v) is 4.06. The Bertz CT molecular complexity index is 254. The van der Waals surface area contributed by atoms with E-state index in [0.717, 1.165) is 0 Å². The Kier molecular flexibility index (Phi) is 5.51. The molecule has 0 unspecified atom stereocenters. The minimum Gasteiger partial charge on any atom is -0.394 e. The van der Waals surface area contributed by atoms with E-state index in [1.807, 2.05) is 6.92 Å². The second kappa shape index (κ2) is 6.44. The van der Waals surface area contributed by atoms with Crippen LogP contribution in [0.15, 0.2) is 12.2 Å². The fourth-order valence-electron chi connectivity index (χ4n) is 1.71. The number of hydrogen-bond donors (Lipinski definition) is 4. The predicted molar refractivity (Wildman–Crippen MR) is 59.1 cm³/mol. The van der Waals surface area contributed by atoms with Gasteiger partial charge in [0, 0.05) is 0 Å². The molecule has 0 aromatic heterocycles. The summed E-state index contributed by atoms with van der Waals surface area (Å²) in [7, 11) is 0. The van der Waals surface area contributed by atoms with Gasteiger partial charge in [-0.05, 0) is 13.8 Å². The molecule has 0 aliphatic carbocycles. The van der Waals surface area contributed by atoms with Gasteiger partial charge in [-0.2, -0.15) is 0 Å². The number of hydrogen-bond acceptors (Lipinski definition) is 6. The van der Waals surface area contributed by atoms with Gasteiger partial charge in [0.15, 0.2) is 6.29 Å². The zero-order valence-corrected chi connectivity index (χ0v) is 9.93. The summed E-state index contributed by atoms with van der Waals surface area (Å²) in [6, 6.07) is 0. The summed E-state index contributed by atoms with van der Waals surface area (Å²) in [4.78, 5) is 0. The molecule has 0 bridgehead atoms. The van der Waals surface area contributed by atoms with Gasteiger partial charge in [0.2, 0.25) is 0 Å². The SMILES string of the molecule is C/C=C/[C@H](C)O[C@@H]1O[C@H](CO)[C@@H](O)[C@H](O)[C@H]1O. The standard InChI is InChI=1S/C11H20O6/c1-3-4-6(2)16-11-10(15)9(14)8(13)7(5-12)17-11/h3-4,6-15H,5H2,1-2H3/b4-3+/t6-,7+,8+,9-,10+,11+/m0/s1. The monoisotopic (exact) mass is 248 g/mol. The lowest BCUT2D eigenvalue weighted by Gasteiger charge is -2.40. The molecule has 100 valence electrons. The number of rotatable bonds is 4. The lowest BCUT2D eigenvalue weighted by Crippen LogP contribution is -2.59. The number of allylic oxidation sites excluding steroid dienone is 1.